The minimum Gasteiger partial charge on any atom is -0.489 e. The summed E-state index contributed by atoms with van der Waals surface area (Å²) in [5.41, 5.74) is 3.76. The topological polar surface area (TPSA) is 79.8 Å². The highest BCUT2D eigenvalue weighted by Crippen LogP contribution is 2.40. The third-order valence-corrected chi connectivity index (χ3v) is 12.7. The number of amides is 1. The van der Waals surface area contributed by atoms with Gasteiger partial charge >= 0.3 is 12.1 Å². The molecule has 45 heavy (non-hydrogen) atoms. The second-order valence-electron chi connectivity index (χ2n) is 13.6. The van der Waals surface area contributed by atoms with Gasteiger partial charge in [0.05, 0.1) is 12.7 Å². The number of benzene rings is 3. The zero-order valence-corrected chi connectivity index (χ0v) is 28.3. The van der Waals surface area contributed by atoms with E-state index in [4.69, 9.17) is 9.16 Å². The molecule has 0 aliphatic heterocycles. The summed E-state index contributed by atoms with van der Waals surface area (Å²) >= 11 is 0. The van der Waals surface area contributed by atoms with Crippen LogP contribution in [0, 0.1) is 0 Å². The molecule has 0 aliphatic carbocycles. The number of nitrogens with one attached hydrogen (secondary N) is 2. The zero-order chi connectivity index (χ0) is 33.5. The van der Waals surface area contributed by atoms with E-state index in [-0.39, 0.29) is 24.3 Å². The molecule has 0 aliphatic rings. The lowest BCUT2D eigenvalue weighted by molar-refractivity contribution is -0.173. The van der Waals surface area contributed by atoms with Crippen LogP contribution in [0.5, 0.6) is 5.75 Å². The van der Waals surface area contributed by atoms with Gasteiger partial charge in [-0.2, -0.15) is 13.2 Å². The Hall–Kier alpha value is -3.18. The number of aliphatic hydroxyl groups is 1. The first kappa shape index (κ1) is 36.3. The largest absolute Gasteiger partial charge is 0.489 e. The Balaban J connectivity index is 1.77. The molecule has 3 aromatic rings. The average Bonchev–Trinajstić information content (AvgIpc) is 2.96. The van der Waals surface area contributed by atoms with E-state index in [1.807, 2.05) is 66.0 Å². The third-order valence-electron chi connectivity index (χ3n) is 8.22. The molecule has 0 heterocycles. The molecule has 0 aromatic heterocycles. The Bertz CT molecular complexity index is 1410. The number of hydrogen-bond acceptors (Lipinski definition) is 5. The molecule has 1 amide bonds. The van der Waals surface area contributed by atoms with Crippen molar-refractivity contribution in [2.75, 3.05) is 6.54 Å². The molecule has 0 unspecified atom stereocenters. The minimum atomic E-state index is -4.92. The Kier molecular flexibility index (Phi) is 12.0. The van der Waals surface area contributed by atoms with Crippen molar-refractivity contribution in [1.82, 2.24) is 10.6 Å². The van der Waals surface area contributed by atoms with Gasteiger partial charge in [-0.3, -0.25) is 4.79 Å². The Morgan fingerprint density at radius 3 is 2.16 bits per heavy atom. The summed E-state index contributed by atoms with van der Waals surface area (Å²) in [6.45, 7) is 15.6. The van der Waals surface area contributed by atoms with Crippen LogP contribution < -0.4 is 15.4 Å². The number of rotatable bonds is 14. The maximum absolute atomic E-state index is 12.6. The van der Waals surface area contributed by atoms with E-state index in [2.05, 4.69) is 53.0 Å². The molecule has 0 spiro atoms. The molecule has 6 nitrogen and oxygen atoms in total. The molecule has 0 bridgehead atoms. The quantitative estimate of drug-likeness (QED) is 0.158. The van der Waals surface area contributed by atoms with Gasteiger partial charge < -0.3 is 24.9 Å². The molecule has 1 atom stereocenters. The van der Waals surface area contributed by atoms with Crippen LogP contribution in [0.15, 0.2) is 72.8 Å². The number of halogens is 3. The summed E-state index contributed by atoms with van der Waals surface area (Å²) < 4.78 is 50.8. The van der Waals surface area contributed by atoms with Crippen molar-refractivity contribution < 1.29 is 32.2 Å². The summed E-state index contributed by atoms with van der Waals surface area (Å²) in [6.07, 6.45) is -4.63. The van der Waals surface area contributed by atoms with E-state index in [0.29, 0.717) is 36.4 Å². The molecular weight excluding hydrogens is 597 g/mol. The standard InChI is InChI=1S/C35H47F3N2O4Si/c1-33(2,3)45(6,7)44-31(28-16-17-30(29(19-28)23-41)43-24-25-12-9-8-10-13-25)22-40-34(4,5)20-26-14-11-15-27(18-26)21-39-32(42)35(36,37)38/h8-19,31,40-41H,20-24H2,1-7H3,(H,39,42)/t31-/m0/s1. The predicted molar refractivity (Wildman–Crippen MR) is 174 cm³/mol. The lowest BCUT2D eigenvalue weighted by Gasteiger charge is -2.40. The smallest absolute Gasteiger partial charge is 0.471 e. The van der Waals surface area contributed by atoms with Crippen LogP contribution in [0.3, 0.4) is 0 Å². The van der Waals surface area contributed by atoms with Crippen molar-refractivity contribution in [3.63, 3.8) is 0 Å². The molecular formula is C35H47F3N2O4Si. The molecule has 246 valence electrons. The normalized spacial score (nSPS) is 13.4. The predicted octanol–water partition coefficient (Wildman–Crippen LogP) is 7.61. The van der Waals surface area contributed by atoms with Crippen molar-refractivity contribution in [2.45, 2.75) is 96.7 Å². The first-order valence-corrected chi connectivity index (χ1v) is 18.1. The Labute approximate surface area is 266 Å². The van der Waals surface area contributed by atoms with E-state index in [1.54, 1.807) is 12.1 Å². The Morgan fingerprint density at radius 1 is 0.889 bits per heavy atom. The molecule has 0 fully saturated rings. The fraction of sp³-hybridized carbons (Fsp3) is 0.457. The van der Waals surface area contributed by atoms with Crippen LogP contribution in [-0.4, -0.2) is 37.6 Å². The van der Waals surface area contributed by atoms with Gasteiger partial charge in [0.15, 0.2) is 8.32 Å². The van der Waals surface area contributed by atoms with Crippen molar-refractivity contribution in [3.8, 4) is 5.75 Å². The van der Waals surface area contributed by atoms with Gasteiger partial charge in [0.1, 0.15) is 12.4 Å². The van der Waals surface area contributed by atoms with Gasteiger partial charge in [0, 0.05) is 24.2 Å². The van der Waals surface area contributed by atoms with E-state index in [0.717, 1.165) is 16.7 Å². The van der Waals surface area contributed by atoms with Gasteiger partial charge in [0.25, 0.3) is 0 Å². The molecule has 3 N–H and O–H groups in total. The lowest BCUT2D eigenvalue weighted by atomic mass is 9.93. The van der Waals surface area contributed by atoms with Gasteiger partial charge in [-0.05, 0) is 72.8 Å². The second-order valence-corrected chi connectivity index (χ2v) is 18.4. The summed E-state index contributed by atoms with van der Waals surface area (Å²) in [5.74, 6) is -1.33. The van der Waals surface area contributed by atoms with E-state index in [9.17, 15) is 23.1 Å². The summed E-state index contributed by atoms with van der Waals surface area (Å²) in [6, 6.07) is 22.9. The SMILES string of the molecule is CC(C)(Cc1cccc(CNC(=O)C(F)(F)F)c1)NC[C@H](O[Si](C)(C)C(C)(C)C)c1ccc(OCc2ccccc2)c(CO)c1. The van der Waals surface area contributed by atoms with Crippen LogP contribution in [0.1, 0.15) is 68.5 Å². The summed E-state index contributed by atoms with van der Waals surface area (Å²) in [7, 11) is -2.21. The van der Waals surface area contributed by atoms with Crippen LogP contribution in [0.2, 0.25) is 18.1 Å². The van der Waals surface area contributed by atoms with Crippen LogP contribution >= 0.6 is 0 Å². The number of ether oxygens (including phenoxy) is 1. The first-order chi connectivity index (χ1) is 20.9. The van der Waals surface area contributed by atoms with Gasteiger partial charge in [-0.1, -0.05) is 81.4 Å². The van der Waals surface area contributed by atoms with E-state index in [1.165, 1.54) is 0 Å². The fourth-order valence-electron chi connectivity index (χ4n) is 4.63. The van der Waals surface area contributed by atoms with Crippen molar-refractivity contribution in [2.24, 2.45) is 0 Å². The maximum atomic E-state index is 12.6. The average molecular weight is 645 g/mol. The number of alkyl halides is 3. The highest BCUT2D eigenvalue weighted by atomic mass is 28.4. The van der Waals surface area contributed by atoms with Gasteiger partial charge in [-0.15, -0.1) is 0 Å². The fourth-order valence-corrected chi connectivity index (χ4v) is 5.92. The van der Waals surface area contributed by atoms with Crippen molar-refractivity contribution >= 4 is 14.2 Å². The number of hydrogen-bond donors (Lipinski definition) is 3. The minimum absolute atomic E-state index is 0.0265. The number of carbonyl (C=O) groups excluding carboxylic acids is 1. The molecule has 3 rings (SSSR count). The van der Waals surface area contributed by atoms with Crippen molar-refractivity contribution in [3.05, 3.63) is 101 Å². The molecule has 0 radical (unpaired) electrons. The monoisotopic (exact) mass is 644 g/mol. The Morgan fingerprint density at radius 2 is 1.53 bits per heavy atom. The first-order valence-electron chi connectivity index (χ1n) is 15.2. The molecule has 3 aromatic carbocycles. The van der Waals surface area contributed by atoms with Crippen molar-refractivity contribution in [1.29, 1.82) is 0 Å². The molecule has 10 heteroatoms. The van der Waals surface area contributed by atoms with Gasteiger partial charge in [0.2, 0.25) is 0 Å². The van der Waals surface area contributed by atoms with E-state index >= 15 is 0 Å². The number of carbonyl (C=O) groups is 1. The zero-order valence-electron chi connectivity index (χ0n) is 27.3. The summed E-state index contributed by atoms with van der Waals surface area (Å²) in [5, 5.41) is 15.8. The highest BCUT2D eigenvalue weighted by Gasteiger charge is 2.40. The van der Waals surface area contributed by atoms with Crippen LogP contribution in [0.25, 0.3) is 0 Å². The van der Waals surface area contributed by atoms with E-state index < -0.39 is 25.9 Å². The third kappa shape index (κ3) is 11.0. The highest BCUT2D eigenvalue weighted by molar-refractivity contribution is 6.74. The lowest BCUT2D eigenvalue weighted by Crippen LogP contribution is -2.47. The second kappa shape index (κ2) is 14.9. The van der Waals surface area contributed by atoms with Crippen LogP contribution in [-0.2, 0) is 35.4 Å². The molecule has 0 saturated carbocycles. The van der Waals surface area contributed by atoms with Gasteiger partial charge in [-0.25, -0.2) is 0 Å². The number of aliphatic hydroxyl groups excluding tert-OH is 1. The van der Waals surface area contributed by atoms with Crippen LogP contribution in [0.4, 0.5) is 13.2 Å². The maximum Gasteiger partial charge on any atom is 0.471 e. The molecule has 0 saturated heterocycles. The summed E-state index contributed by atoms with van der Waals surface area (Å²) in [4.78, 5) is 11.3.